The monoisotopic (exact) mass is 369 g/mol. The number of sulfonamides is 1. The number of benzene rings is 1. The lowest BCUT2D eigenvalue weighted by Crippen LogP contribution is -2.43. The number of nitrogen functional groups attached to an aromatic ring is 1. The van der Waals surface area contributed by atoms with E-state index in [1.54, 1.807) is 17.0 Å². The maximum atomic E-state index is 12.3. The van der Waals surface area contributed by atoms with Gasteiger partial charge in [-0.15, -0.1) is 0 Å². The molecule has 1 aliphatic rings. The standard InChI is InChI=1S/C17H27N3O4S/c1-17(2,3)24-16(21)20-10-8-13(9-11-20)12-19-25(22,23)15-6-4-14(18)5-7-15/h4-7,13,19H,8-12,18H2,1-3H3. The zero-order valence-electron chi connectivity index (χ0n) is 15.0. The molecule has 7 nitrogen and oxygen atoms in total. The summed E-state index contributed by atoms with van der Waals surface area (Å²) < 4.78 is 32.6. The molecule has 0 aromatic heterocycles. The molecule has 2 rings (SSSR count). The molecular formula is C17H27N3O4S. The van der Waals surface area contributed by atoms with Crippen LogP contribution in [0.4, 0.5) is 10.5 Å². The van der Waals surface area contributed by atoms with E-state index in [1.807, 2.05) is 20.8 Å². The van der Waals surface area contributed by atoms with Crippen molar-refractivity contribution in [1.82, 2.24) is 9.62 Å². The van der Waals surface area contributed by atoms with Crippen molar-refractivity contribution in [3.05, 3.63) is 24.3 Å². The van der Waals surface area contributed by atoms with E-state index >= 15 is 0 Å². The minimum atomic E-state index is -3.54. The first-order valence-electron chi connectivity index (χ1n) is 8.40. The zero-order chi connectivity index (χ0) is 18.7. The smallest absolute Gasteiger partial charge is 0.410 e. The Labute approximate surface area is 149 Å². The van der Waals surface area contributed by atoms with Crippen molar-refractivity contribution in [3.63, 3.8) is 0 Å². The van der Waals surface area contributed by atoms with Crippen molar-refractivity contribution in [2.45, 2.75) is 44.1 Å². The fourth-order valence-electron chi connectivity index (χ4n) is 2.60. The van der Waals surface area contributed by atoms with Crippen LogP contribution in [0.15, 0.2) is 29.2 Å². The van der Waals surface area contributed by atoms with Crippen LogP contribution in [0, 0.1) is 5.92 Å². The quantitative estimate of drug-likeness (QED) is 0.792. The third-order valence-corrected chi connectivity index (χ3v) is 5.46. The van der Waals surface area contributed by atoms with Gasteiger partial charge in [-0.1, -0.05) is 0 Å². The highest BCUT2D eigenvalue weighted by atomic mass is 32.2. The van der Waals surface area contributed by atoms with Gasteiger partial charge in [0.1, 0.15) is 5.60 Å². The zero-order valence-corrected chi connectivity index (χ0v) is 15.8. The summed E-state index contributed by atoms with van der Waals surface area (Å²) in [6.45, 7) is 7.01. The molecular weight excluding hydrogens is 342 g/mol. The highest BCUT2D eigenvalue weighted by Gasteiger charge is 2.27. The van der Waals surface area contributed by atoms with Crippen LogP contribution in [0.2, 0.25) is 0 Å². The summed E-state index contributed by atoms with van der Waals surface area (Å²) in [6, 6.07) is 6.10. The highest BCUT2D eigenvalue weighted by Crippen LogP contribution is 2.20. The second-order valence-corrected chi connectivity index (χ2v) is 9.10. The first kappa shape index (κ1) is 19.5. The van der Waals surface area contributed by atoms with Gasteiger partial charge in [0, 0.05) is 25.3 Å². The van der Waals surface area contributed by atoms with Crippen LogP contribution in [0.3, 0.4) is 0 Å². The Balaban J connectivity index is 1.82. The van der Waals surface area contributed by atoms with E-state index in [0.717, 1.165) is 12.8 Å². The largest absolute Gasteiger partial charge is 0.444 e. The Morgan fingerprint density at radius 2 is 1.80 bits per heavy atom. The molecule has 0 unspecified atom stereocenters. The average molecular weight is 369 g/mol. The van der Waals surface area contributed by atoms with Crippen LogP contribution in [0.5, 0.6) is 0 Å². The number of ether oxygens (including phenoxy) is 1. The average Bonchev–Trinajstić information content (AvgIpc) is 2.52. The minimum absolute atomic E-state index is 0.197. The van der Waals surface area contributed by atoms with Gasteiger partial charge in [-0.2, -0.15) is 0 Å². The van der Waals surface area contributed by atoms with Crippen LogP contribution >= 0.6 is 0 Å². The predicted molar refractivity (Wildman–Crippen MR) is 96.6 cm³/mol. The van der Waals surface area contributed by atoms with E-state index in [-0.39, 0.29) is 16.9 Å². The summed E-state index contributed by atoms with van der Waals surface area (Å²) in [5, 5.41) is 0. The van der Waals surface area contributed by atoms with Crippen molar-refractivity contribution in [3.8, 4) is 0 Å². The molecule has 1 aromatic carbocycles. The summed E-state index contributed by atoms with van der Waals surface area (Å²) in [7, 11) is -3.54. The second-order valence-electron chi connectivity index (χ2n) is 7.33. The molecule has 3 N–H and O–H groups in total. The molecule has 1 amide bonds. The van der Waals surface area contributed by atoms with Crippen LogP contribution < -0.4 is 10.5 Å². The maximum absolute atomic E-state index is 12.3. The van der Waals surface area contributed by atoms with Crippen LogP contribution in [0.1, 0.15) is 33.6 Å². The van der Waals surface area contributed by atoms with Crippen molar-refractivity contribution in [1.29, 1.82) is 0 Å². The molecule has 1 aliphatic heterocycles. The SMILES string of the molecule is CC(C)(C)OC(=O)N1CCC(CNS(=O)(=O)c2ccc(N)cc2)CC1. The third kappa shape index (κ3) is 5.89. The second kappa shape index (κ2) is 7.61. The molecule has 25 heavy (non-hydrogen) atoms. The number of nitrogens with one attached hydrogen (secondary N) is 1. The van der Waals surface area contributed by atoms with Gasteiger partial charge in [0.05, 0.1) is 4.90 Å². The highest BCUT2D eigenvalue weighted by molar-refractivity contribution is 7.89. The molecule has 1 aromatic rings. The number of hydrogen-bond donors (Lipinski definition) is 2. The lowest BCUT2D eigenvalue weighted by Gasteiger charge is -2.33. The number of anilines is 1. The molecule has 1 heterocycles. The summed E-state index contributed by atoms with van der Waals surface area (Å²) in [5.41, 5.74) is 5.59. The molecule has 0 aliphatic carbocycles. The molecule has 0 spiro atoms. The number of nitrogens with zero attached hydrogens (tertiary/aromatic N) is 1. The topological polar surface area (TPSA) is 102 Å². The number of piperidine rings is 1. The van der Waals surface area contributed by atoms with Crippen LogP contribution in [0.25, 0.3) is 0 Å². The van der Waals surface area contributed by atoms with E-state index in [2.05, 4.69) is 4.72 Å². The molecule has 0 radical (unpaired) electrons. The first-order valence-corrected chi connectivity index (χ1v) is 9.88. The lowest BCUT2D eigenvalue weighted by molar-refractivity contribution is 0.0185. The lowest BCUT2D eigenvalue weighted by atomic mass is 9.97. The Morgan fingerprint density at radius 1 is 1.24 bits per heavy atom. The van der Waals surface area contributed by atoms with Gasteiger partial charge in [0.15, 0.2) is 0 Å². The van der Waals surface area contributed by atoms with Crippen molar-refractivity contribution in [2.75, 3.05) is 25.4 Å². The Hall–Kier alpha value is -1.80. The number of nitrogens with two attached hydrogens (primary N) is 1. The van der Waals surface area contributed by atoms with Gasteiger partial charge >= 0.3 is 6.09 Å². The van der Waals surface area contributed by atoms with E-state index in [1.165, 1.54) is 12.1 Å². The van der Waals surface area contributed by atoms with E-state index in [4.69, 9.17) is 10.5 Å². The Morgan fingerprint density at radius 3 is 2.32 bits per heavy atom. The minimum Gasteiger partial charge on any atom is -0.444 e. The van der Waals surface area contributed by atoms with Crippen molar-refractivity contribution in [2.24, 2.45) is 5.92 Å². The van der Waals surface area contributed by atoms with Gasteiger partial charge in [-0.3, -0.25) is 0 Å². The van der Waals surface area contributed by atoms with E-state index < -0.39 is 15.6 Å². The molecule has 0 atom stereocenters. The predicted octanol–water partition coefficient (Wildman–Crippen LogP) is 2.19. The van der Waals surface area contributed by atoms with E-state index in [9.17, 15) is 13.2 Å². The van der Waals surface area contributed by atoms with Crippen LogP contribution in [-0.2, 0) is 14.8 Å². The van der Waals surface area contributed by atoms with E-state index in [0.29, 0.717) is 25.3 Å². The number of likely N-dealkylation sites (tertiary alicyclic amines) is 1. The van der Waals surface area contributed by atoms with Gasteiger partial charge in [-0.25, -0.2) is 17.9 Å². The summed E-state index contributed by atoms with van der Waals surface area (Å²) in [5.74, 6) is 0.197. The number of carbonyl (C=O) groups is 1. The van der Waals surface area contributed by atoms with Crippen molar-refractivity contribution >= 4 is 21.8 Å². The number of amides is 1. The Bertz CT molecular complexity index is 688. The fourth-order valence-corrected chi connectivity index (χ4v) is 3.72. The maximum Gasteiger partial charge on any atom is 0.410 e. The Kier molecular flexibility index (Phi) is 5.95. The summed E-state index contributed by atoms with van der Waals surface area (Å²) in [6.07, 6.45) is 1.17. The normalized spacial score (nSPS) is 16.7. The molecule has 140 valence electrons. The van der Waals surface area contributed by atoms with Crippen molar-refractivity contribution < 1.29 is 17.9 Å². The summed E-state index contributed by atoms with van der Waals surface area (Å²) >= 11 is 0. The molecule has 1 fully saturated rings. The molecule has 8 heteroatoms. The van der Waals surface area contributed by atoms with Crippen LogP contribution in [-0.4, -0.2) is 44.6 Å². The molecule has 0 bridgehead atoms. The third-order valence-electron chi connectivity index (χ3n) is 4.02. The molecule has 0 saturated carbocycles. The van der Waals surface area contributed by atoms with Gasteiger partial charge in [0.25, 0.3) is 0 Å². The van der Waals surface area contributed by atoms with Gasteiger partial charge in [0.2, 0.25) is 10.0 Å². The number of rotatable bonds is 4. The fraction of sp³-hybridized carbons (Fsp3) is 0.588. The first-order chi connectivity index (χ1) is 11.6. The van der Waals surface area contributed by atoms with Gasteiger partial charge in [-0.05, 0) is 63.8 Å². The molecule has 1 saturated heterocycles. The van der Waals surface area contributed by atoms with Gasteiger partial charge < -0.3 is 15.4 Å². The number of hydrogen-bond acceptors (Lipinski definition) is 5. The number of carbonyl (C=O) groups excluding carboxylic acids is 1. The summed E-state index contributed by atoms with van der Waals surface area (Å²) in [4.78, 5) is 13.9.